The van der Waals surface area contributed by atoms with Crippen LogP contribution in [0.5, 0.6) is 0 Å². The molecule has 25 heavy (non-hydrogen) atoms. The molecular weight excluding hydrogens is 345 g/mol. The van der Waals surface area contributed by atoms with E-state index in [4.69, 9.17) is 5.73 Å². The Morgan fingerprint density at radius 1 is 1.24 bits per heavy atom. The number of rotatable bonds is 4. The van der Waals surface area contributed by atoms with Gasteiger partial charge in [0.2, 0.25) is 0 Å². The molecule has 3 aromatic rings. The maximum Gasteiger partial charge on any atom is 0.271 e. The standard InChI is InChI=1S/C16H14FN5O2S/c1-8-3-11(25(2)24)5-12-13(8)21-22-15(16(18)23)14(12)20-10-4-9(17)6-19-7-10/h3-7H,1-2H3,(H2,18,23)(H,20,21). The molecule has 2 heterocycles. The Morgan fingerprint density at radius 2 is 2.00 bits per heavy atom. The number of carbonyl (C=O) groups excluding carboxylic acids is 1. The van der Waals surface area contributed by atoms with Crippen LogP contribution in [0.1, 0.15) is 16.1 Å². The second-order valence-electron chi connectivity index (χ2n) is 5.40. The molecule has 9 heteroatoms. The number of anilines is 2. The number of nitrogens with zero attached hydrogens (tertiary/aromatic N) is 3. The molecule has 0 radical (unpaired) electrons. The van der Waals surface area contributed by atoms with E-state index in [0.29, 0.717) is 21.5 Å². The van der Waals surface area contributed by atoms with Crippen molar-refractivity contribution in [1.82, 2.24) is 15.2 Å². The number of primary amides is 1. The molecule has 0 bridgehead atoms. The fraction of sp³-hybridized carbons (Fsp3) is 0.125. The number of nitrogens with one attached hydrogen (secondary N) is 1. The molecule has 1 amide bonds. The van der Waals surface area contributed by atoms with Gasteiger partial charge in [0.25, 0.3) is 5.91 Å². The van der Waals surface area contributed by atoms with Gasteiger partial charge in [0.05, 0.1) is 29.3 Å². The first-order valence-corrected chi connectivity index (χ1v) is 8.74. The fourth-order valence-electron chi connectivity index (χ4n) is 2.44. The van der Waals surface area contributed by atoms with Gasteiger partial charge >= 0.3 is 0 Å². The van der Waals surface area contributed by atoms with Crippen LogP contribution in [0.25, 0.3) is 10.9 Å². The van der Waals surface area contributed by atoms with Gasteiger partial charge in [-0.2, -0.15) is 0 Å². The summed E-state index contributed by atoms with van der Waals surface area (Å²) in [5.41, 5.74) is 7.14. The SMILES string of the molecule is Cc1cc(S(C)=O)cc2c(Nc3cncc(F)c3)c(C(N)=O)nnc12. The van der Waals surface area contributed by atoms with Gasteiger partial charge in [0.1, 0.15) is 5.82 Å². The molecule has 0 aliphatic heterocycles. The Morgan fingerprint density at radius 3 is 2.64 bits per heavy atom. The lowest BCUT2D eigenvalue weighted by molar-refractivity contribution is 0.0995. The van der Waals surface area contributed by atoms with E-state index in [2.05, 4.69) is 20.5 Å². The third-order valence-corrected chi connectivity index (χ3v) is 4.47. The van der Waals surface area contributed by atoms with Crippen LogP contribution in [-0.2, 0) is 10.8 Å². The predicted molar refractivity (Wildman–Crippen MR) is 92.6 cm³/mol. The molecule has 0 saturated heterocycles. The summed E-state index contributed by atoms with van der Waals surface area (Å²) < 4.78 is 25.3. The molecule has 0 aliphatic carbocycles. The Labute approximate surface area is 144 Å². The van der Waals surface area contributed by atoms with Crippen LogP contribution >= 0.6 is 0 Å². The Balaban J connectivity index is 2.30. The van der Waals surface area contributed by atoms with Crippen LogP contribution in [0.15, 0.2) is 35.5 Å². The smallest absolute Gasteiger partial charge is 0.271 e. The molecule has 2 aromatic heterocycles. The summed E-state index contributed by atoms with van der Waals surface area (Å²) in [5, 5.41) is 11.4. The number of fused-ring (bicyclic) bond motifs is 1. The highest BCUT2D eigenvalue weighted by atomic mass is 32.2. The largest absolute Gasteiger partial charge is 0.364 e. The van der Waals surface area contributed by atoms with E-state index in [-0.39, 0.29) is 11.4 Å². The number of nitrogens with two attached hydrogens (primary N) is 1. The van der Waals surface area contributed by atoms with E-state index in [1.807, 2.05) is 0 Å². The summed E-state index contributed by atoms with van der Waals surface area (Å²) in [6, 6.07) is 4.61. The van der Waals surface area contributed by atoms with Crippen molar-refractivity contribution in [2.45, 2.75) is 11.8 Å². The summed E-state index contributed by atoms with van der Waals surface area (Å²) in [6.07, 6.45) is 4.01. The highest BCUT2D eigenvalue weighted by Crippen LogP contribution is 2.31. The molecule has 0 fully saturated rings. The number of carbonyl (C=O) groups is 1. The summed E-state index contributed by atoms with van der Waals surface area (Å²) in [7, 11) is -1.24. The summed E-state index contributed by atoms with van der Waals surface area (Å²) in [6.45, 7) is 1.80. The van der Waals surface area contributed by atoms with Crippen LogP contribution in [0, 0.1) is 12.7 Å². The topological polar surface area (TPSA) is 111 Å². The monoisotopic (exact) mass is 359 g/mol. The number of pyridine rings is 1. The summed E-state index contributed by atoms with van der Waals surface area (Å²) >= 11 is 0. The van der Waals surface area contributed by atoms with Crippen molar-refractivity contribution in [2.75, 3.05) is 11.6 Å². The quantitative estimate of drug-likeness (QED) is 0.737. The number of hydrogen-bond acceptors (Lipinski definition) is 6. The van der Waals surface area contributed by atoms with Crippen molar-refractivity contribution in [3.63, 3.8) is 0 Å². The molecule has 128 valence electrons. The van der Waals surface area contributed by atoms with E-state index in [9.17, 15) is 13.4 Å². The average molecular weight is 359 g/mol. The summed E-state index contributed by atoms with van der Waals surface area (Å²) in [4.78, 5) is 16.1. The molecule has 0 aliphatic rings. The van der Waals surface area contributed by atoms with Gasteiger partial charge in [0, 0.05) is 33.4 Å². The number of aromatic nitrogens is 3. The first kappa shape index (κ1) is 16.9. The minimum atomic E-state index is -1.24. The van der Waals surface area contributed by atoms with Crippen molar-refractivity contribution < 1.29 is 13.4 Å². The third-order valence-electron chi connectivity index (χ3n) is 3.57. The average Bonchev–Trinajstić information content (AvgIpc) is 2.55. The summed E-state index contributed by atoms with van der Waals surface area (Å²) in [5.74, 6) is -1.33. The fourth-order valence-corrected chi connectivity index (χ4v) is 3.06. The number of hydrogen-bond donors (Lipinski definition) is 2. The predicted octanol–water partition coefficient (Wildman–Crippen LogP) is 2.05. The molecule has 1 aromatic carbocycles. The Bertz CT molecular complexity index is 1020. The number of amides is 1. The van der Waals surface area contributed by atoms with Crippen molar-refractivity contribution in [3.8, 4) is 0 Å². The normalized spacial score (nSPS) is 12.1. The lowest BCUT2D eigenvalue weighted by Gasteiger charge is -2.14. The second-order valence-corrected chi connectivity index (χ2v) is 6.77. The zero-order chi connectivity index (χ0) is 18.1. The lowest BCUT2D eigenvalue weighted by atomic mass is 10.1. The minimum absolute atomic E-state index is 0.102. The maximum absolute atomic E-state index is 13.4. The van der Waals surface area contributed by atoms with E-state index in [0.717, 1.165) is 11.8 Å². The van der Waals surface area contributed by atoms with Crippen molar-refractivity contribution in [3.05, 3.63) is 47.7 Å². The number of aryl methyl sites for hydroxylation is 1. The molecule has 7 nitrogen and oxygen atoms in total. The van der Waals surface area contributed by atoms with Crippen LogP contribution in [0.4, 0.5) is 15.8 Å². The third kappa shape index (κ3) is 3.31. The van der Waals surface area contributed by atoms with E-state index in [1.54, 1.807) is 25.3 Å². The Kier molecular flexibility index (Phi) is 4.41. The lowest BCUT2D eigenvalue weighted by Crippen LogP contribution is -2.17. The van der Waals surface area contributed by atoms with Crippen LogP contribution in [-0.4, -0.2) is 31.6 Å². The molecule has 1 unspecified atom stereocenters. The van der Waals surface area contributed by atoms with Gasteiger partial charge in [-0.15, -0.1) is 10.2 Å². The van der Waals surface area contributed by atoms with Gasteiger partial charge in [-0.05, 0) is 24.6 Å². The van der Waals surface area contributed by atoms with Gasteiger partial charge < -0.3 is 11.1 Å². The number of benzene rings is 1. The highest BCUT2D eigenvalue weighted by Gasteiger charge is 2.18. The van der Waals surface area contributed by atoms with E-state index < -0.39 is 22.5 Å². The van der Waals surface area contributed by atoms with Crippen molar-refractivity contribution in [1.29, 1.82) is 0 Å². The van der Waals surface area contributed by atoms with Gasteiger partial charge in [0.15, 0.2) is 5.69 Å². The minimum Gasteiger partial charge on any atom is -0.364 e. The molecule has 0 saturated carbocycles. The van der Waals surface area contributed by atoms with Gasteiger partial charge in [-0.25, -0.2) is 4.39 Å². The van der Waals surface area contributed by atoms with Crippen molar-refractivity contribution in [2.24, 2.45) is 5.73 Å². The molecule has 3 rings (SSSR count). The van der Waals surface area contributed by atoms with E-state index >= 15 is 0 Å². The first-order chi connectivity index (χ1) is 11.9. The van der Waals surface area contributed by atoms with Crippen molar-refractivity contribution >= 4 is 39.0 Å². The first-order valence-electron chi connectivity index (χ1n) is 7.18. The Hall–Kier alpha value is -2.94. The highest BCUT2D eigenvalue weighted by molar-refractivity contribution is 7.84. The number of halogens is 1. The molecule has 3 N–H and O–H groups in total. The maximum atomic E-state index is 13.4. The van der Waals surface area contributed by atoms with Crippen LogP contribution < -0.4 is 11.1 Å². The van der Waals surface area contributed by atoms with Gasteiger partial charge in [-0.3, -0.25) is 14.0 Å². The zero-order valence-electron chi connectivity index (χ0n) is 13.4. The molecule has 1 atom stereocenters. The van der Waals surface area contributed by atoms with Crippen LogP contribution in [0.2, 0.25) is 0 Å². The molecule has 0 spiro atoms. The van der Waals surface area contributed by atoms with E-state index in [1.165, 1.54) is 12.3 Å². The van der Waals surface area contributed by atoms with Crippen LogP contribution in [0.3, 0.4) is 0 Å². The molecular formula is C16H14FN5O2S. The van der Waals surface area contributed by atoms with Gasteiger partial charge in [-0.1, -0.05) is 0 Å². The zero-order valence-corrected chi connectivity index (χ0v) is 14.2. The second kappa shape index (κ2) is 6.52.